The van der Waals surface area contributed by atoms with Gasteiger partial charge in [-0.1, -0.05) is 29.8 Å². The summed E-state index contributed by atoms with van der Waals surface area (Å²) >= 11 is 6.09. The van der Waals surface area contributed by atoms with Gasteiger partial charge >= 0.3 is 0 Å². The van der Waals surface area contributed by atoms with Gasteiger partial charge in [-0.3, -0.25) is 0 Å². The average molecular weight is 403 g/mol. The van der Waals surface area contributed by atoms with Gasteiger partial charge in [-0.25, -0.2) is 4.79 Å². The molecule has 0 radical (unpaired) electrons. The average Bonchev–Trinajstić information content (AvgIpc) is 2.67. The number of ether oxygens (including phenoxy) is 2. The number of hydrogen-bond acceptors (Lipinski definition) is 5. The molecule has 0 aromatic heterocycles. The fraction of sp³-hybridized carbons (Fsp3) is 0.364. The Hall–Kier alpha value is -2.30. The molecule has 2 atom stereocenters. The Morgan fingerprint density at radius 2 is 2.04 bits per heavy atom. The molecule has 0 aliphatic heterocycles. The van der Waals surface area contributed by atoms with Gasteiger partial charge in [0.15, 0.2) is 12.2 Å². The molecular weight excluding hydrogens is 376 g/mol. The van der Waals surface area contributed by atoms with Gasteiger partial charge in [-0.2, -0.15) is 0 Å². The number of anilines is 1. The molecule has 0 saturated heterocycles. The Morgan fingerprint density at radius 1 is 1.25 bits per heavy atom. The van der Waals surface area contributed by atoms with Crippen LogP contribution in [-0.4, -0.2) is 39.7 Å². The van der Waals surface area contributed by atoms with Crippen LogP contribution in [-0.2, 0) is 16.0 Å². The van der Waals surface area contributed by atoms with Gasteiger partial charge in [0.25, 0.3) is 0 Å². The molecule has 1 N–H and O–H groups in total. The Labute approximate surface area is 171 Å². The lowest BCUT2D eigenvalue weighted by atomic mass is 10.0. The summed E-state index contributed by atoms with van der Waals surface area (Å²) in [5.41, 5.74) is 3.04. The van der Waals surface area contributed by atoms with Gasteiger partial charge in [-0.15, -0.1) is 0 Å². The summed E-state index contributed by atoms with van der Waals surface area (Å²) in [6, 6.07) is 13.8. The first-order valence-electron chi connectivity index (χ1n) is 9.12. The van der Waals surface area contributed by atoms with E-state index in [1.165, 1.54) is 0 Å². The largest absolute Gasteiger partial charge is 0.453 e. The van der Waals surface area contributed by atoms with Gasteiger partial charge in [0, 0.05) is 50.6 Å². The molecule has 150 valence electrons. The highest BCUT2D eigenvalue weighted by atomic mass is 35.5. The Kier molecular flexibility index (Phi) is 8.55. The summed E-state index contributed by atoms with van der Waals surface area (Å²) in [5, 5.41) is 4.19. The molecule has 2 unspecified atom stereocenters. The minimum atomic E-state index is -0.0917. The molecule has 2 aromatic rings. The first-order valence-corrected chi connectivity index (χ1v) is 9.50. The van der Waals surface area contributed by atoms with Crippen molar-refractivity contribution in [1.82, 2.24) is 5.32 Å². The fourth-order valence-electron chi connectivity index (χ4n) is 2.94. The lowest BCUT2D eigenvalue weighted by molar-refractivity contribution is 0.0999. The van der Waals surface area contributed by atoms with Crippen molar-refractivity contribution < 1.29 is 14.3 Å². The topological polar surface area (TPSA) is 50.8 Å². The molecule has 0 bridgehead atoms. The molecule has 0 saturated carbocycles. The lowest BCUT2D eigenvalue weighted by Crippen LogP contribution is -2.32. The van der Waals surface area contributed by atoms with Crippen LogP contribution in [0.3, 0.4) is 0 Å². The third kappa shape index (κ3) is 6.39. The zero-order valence-electron chi connectivity index (χ0n) is 16.7. The summed E-state index contributed by atoms with van der Waals surface area (Å²) in [6.45, 7) is 2.75. The minimum Gasteiger partial charge on any atom is -0.453 e. The van der Waals surface area contributed by atoms with Crippen LogP contribution in [0.5, 0.6) is 5.75 Å². The number of rotatable bonds is 10. The highest BCUT2D eigenvalue weighted by Crippen LogP contribution is 2.26. The van der Waals surface area contributed by atoms with E-state index in [-0.39, 0.29) is 12.1 Å². The zero-order chi connectivity index (χ0) is 20.5. The quantitative estimate of drug-likeness (QED) is 0.480. The van der Waals surface area contributed by atoms with Crippen LogP contribution in [0, 0.1) is 0 Å². The SMILES string of the molecule is COC(CNC(C)Cc1ccc(N(C)C)cc1OC=C=O)c1cccc(Cl)c1. The molecule has 0 spiro atoms. The first kappa shape index (κ1) is 22.0. The maximum Gasteiger partial charge on any atom is 0.174 e. The zero-order valence-corrected chi connectivity index (χ0v) is 17.5. The second-order valence-corrected chi connectivity index (χ2v) is 7.27. The normalized spacial score (nSPS) is 12.8. The van der Waals surface area contributed by atoms with Crippen LogP contribution in [0.1, 0.15) is 24.2 Å². The van der Waals surface area contributed by atoms with E-state index in [4.69, 9.17) is 21.1 Å². The molecule has 6 heteroatoms. The number of halogens is 1. The minimum absolute atomic E-state index is 0.0917. The van der Waals surface area contributed by atoms with E-state index in [0.29, 0.717) is 17.3 Å². The first-order chi connectivity index (χ1) is 13.4. The van der Waals surface area contributed by atoms with Crippen molar-refractivity contribution in [2.75, 3.05) is 32.6 Å². The molecule has 0 amide bonds. The van der Waals surface area contributed by atoms with E-state index in [2.05, 4.69) is 12.2 Å². The molecule has 2 aromatic carbocycles. The number of hydrogen-bond donors (Lipinski definition) is 1. The smallest absolute Gasteiger partial charge is 0.174 e. The second-order valence-electron chi connectivity index (χ2n) is 6.83. The van der Waals surface area contributed by atoms with E-state index in [0.717, 1.165) is 29.5 Å². The number of methoxy groups -OCH3 is 1. The molecule has 2 rings (SSSR count). The van der Waals surface area contributed by atoms with E-state index >= 15 is 0 Å². The Bertz CT molecular complexity index is 819. The van der Waals surface area contributed by atoms with Gasteiger partial charge in [0.05, 0.1) is 6.10 Å². The van der Waals surface area contributed by atoms with Crippen LogP contribution in [0.4, 0.5) is 5.69 Å². The maximum absolute atomic E-state index is 10.5. The maximum atomic E-state index is 10.5. The summed E-state index contributed by atoms with van der Waals surface area (Å²) in [6.07, 6.45) is 1.68. The van der Waals surface area contributed by atoms with Gasteiger partial charge in [-0.05, 0) is 42.7 Å². The van der Waals surface area contributed by atoms with Crippen LogP contribution in [0.25, 0.3) is 0 Å². The molecule has 0 fully saturated rings. The number of carbonyl (C=O) groups excluding carboxylic acids is 1. The third-order valence-electron chi connectivity index (χ3n) is 4.48. The summed E-state index contributed by atoms with van der Waals surface area (Å²) in [7, 11) is 5.61. The number of benzene rings is 2. The van der Waals surface area contributed by atoms with E-state index < -0.39 is 0 Å². The van der Waals surface area contributed by atoms with Crippen molar-refractivity contribution >= 4 is 23.2 Å². The highest BCUT2D eigenvalue weighted by Gasteiger charge is 2.14. The van der Waals surface area contributed by atoms with Gasteiger partial charge < -0.3 is 19.7 Å². The van der Waals surface area contributed by atoms with Crippen molar-refractivity contribution in [3.05, 3.63) is 64.9 Å². The van der Waals surface area contributed by atoms with E-state index in [1.807, 2.05) is 61.5 Å². The molecule has 0 heterocycles. The Balaban J connectivity index is 2.05. The molecule has 0 aliphatic rings. The van der Waals surface area contributed by atoms with Crippen molar-refractivity contribution in [3.8, 4) is 5.75 Å². The van der Waals surface area contributed by atoms with Crippen LogP contribution < -0.4 is 15.0 Å². The van der Waals surface area contributed by atoms with Crippen molar-refractivity contribution in [3.63, 3.8) is 0 Å². The number of nitrogens with one attached hydrogen (secondary N) is 1. The van der Waals surface area contributed by atoms with Crippen LogP contribution >= 0.6 is 11.6 Å². The predicted octanol–water partition coefficient (Wildman–Crippen LogP) is 4.04. The van der Waals surface area contributed by atoms with E-state index in [9.17, 15) is 4.79 Å². The standard InChI is InChI=1S/C22H27ClN2O3/c1-16(24-15-22(27-4)17-6-5-7-19(23)13-17)12-18-8-9-20(25(2)3)14-21(18)28-11-10-26/h5-9,11,13-14,16,22,24H,12,15H2,1-4H3. The third-order valence-corrected chi connectivity index (χ3v) is 4.72. The lowest BCUT2D eigenvalue weighted by Gasteiger charge is -2.22. The van der Waals surface area contributed by atoms with Crippen molar-refractivity contribution in [1.29, 1.82) is 0 Å². The van der Waals surface area contributed by atoms with Crippen molar-refractivity contribution in [2.24, 2.45) is 0 Å². The van der Waals surface area contributed by atoms with Crippen molar-refractivity contribution in [2.45, 2.75) is 25.5 Å². The van der Waals surface area contributed by atoms with Gasteiger partial charge in [0.1, 0.15) is 5.75 Å². The highest BCUT2D eigenvalue weighted by molar-refractivity contribution is 6.30. The van der Waals surface area contributed by atoms with Crippen LogP contribution in [0.2, 0.25) is 5.02 Å². The molecule has 28 heavy (non-hydrogen) atoms. The van der Waals surface area contributed by atoms with Crippen LogP contribution in [0.15, 0.2) is 48.7 Å². The summed E-state index contributed by atoms with van der Waals surface area (Å²) in [4.78, 5) is 12.5. The predicted molar refractivity (Wildman–Crippen MR) is 114 cm³/mol. The Morgan fingerprint density at radius 3 is 2.68 bits per heavy atom. The second kappa shape index (κ2) is 10.9. The summed E-state index contributed by atoms with van der Waals surface area (Å²) < 4.78 is 11.1. The molecule has 0 aliphatic carbocycles. The molecular formula is C22H27ClN2O3. The summed E-state index contributed by atoms with van der Waals surface area (Å²) in [5.74, 6) is 2.32. The number of nitrogens with zero attached hydrogens (tertiary/aromatic N) is 1. The molecule has 5 nitrogen and oxygen atoms in total. The van der Waals surface area contributed by atoms with Gasteiger partial charge in [0.2, 0.25) is 0 Å². The monoisotopic (exact) mass is 402 g/mol. The van der Waals surface area contributed by atoms with E-state index in [1.54, 1.807) is 13.1 Å². The fourth-order valence-corrected chi connectivity index (χ4v) is 3.14.